The highest BCUT2D eigenvalue weighted by molar-refractivity contribution is 6.30. The van der Waals surface area contributed by atoms with Crippen molar-refractivity contribution in [2.24, 2.45) is 0 Å². The summed E-state index contributed by atoms with van der Waals surface area (Å²) in [4.78, 5) is 41.5. The van der Waals surface area contributed by atoms with Gasteiger partial charge in [-0.25, -0.2) is 4.79 Å². The first-order chi connectivity index (χ1) is 17.7. The number of aliphatic carboxylic acids is 1. The van der Waals surface area contributed by atoms with Crippen LogP contribution in [0.1, 0.15) is 55.6 Å². The van der Waals surface area contributed by atoms with Crippen molar-refractivity contribution in [2.45, 2.75) is 51.8 Å². The Morgan fingerprint density at radius 3 is 2.43 bits per heavy atom. The quantitative estimate of drug-likeness (QED) is 0.406. The number of carboxylic acid groups (broad SMARTS) is 1. The molecule has 3 atom stereocenters. The lowest BCUT2D eigenvalue weighted by atomic mass is 9.89. The number of carboxylic acids is 1. The van der Waals surface area contributed by atoms with Crippen LogP contribution in [0.15, 0.2) is 72.8 Å². The molecule has 0 saturated heterocycles. The molecule has 3 aromatic carbocycles. The van der Waals surface area contributed by atoms with E-state index in [-0.39, 0.29) is 23.9 Å². The molecule has 7 nitrogen and oxygen atoms in total. The van der Waals surface area contributed by atoms with Gasteiger partial charge in [0, 0.05) is 34.9 Å². The Morgan fingerprint density at radius 2 is 1.78 bits per heavy atom. The summed E-state index contributed by atoms with van der Waals surface area (Å²) in [6.45, 7) is 5.22. The maximum absolute atomic E-state index is 13.8. The molecule has 37 heavy (non-hydrogen) atoms. The summed E-state index contributed by atoms with van der Waals surface area (Å²) in [5.74, 6) is -1.07. The minimum atomic E-state index is -1.06. The first-order valence-corrected chi connectivity index (χ1v) is 12.6. The van der Waals surface area contributed by atoms with Gasteiger partial charge in [-0.2, -0.15) is 0 Å². The second-order valence-electron chi connectivity index (χ2n) is 9.08. The zero-order chi connectivity index (χ0) is 26.7. The molecule has 1 heterocycles. The number of carbonyl (C=O) groups is 3. The van der Waals surface area contributed by atoms with Crippen molar-refractivity contribution < 1.29 is 24.2 Å². The number of benzene rings is 3. The van der Waals surface area contributed by atoms with E-state index in [4.69, 9.17) is 16.3 Å². The van der Waals surface area contributed by atoms with Crippen molar-refractivity contribution in [3.05, 3.63) is 88.9 Å². The summed E-state index contributed by atoms with van der Waals surface area (Å²) in [6.07, 6.45) is -0.171. The third-order valence-electron chi connectivity index (χ3n) is 6.54. The van der Waals surface area contributed by atoms with Gasteiger partial charge >= 0.3 is 5.97 Å². The second kappa shape index (κ2) is 11.0. The van der Waals surface area contributed by atoms with Gasteiger partial charge in [-0.3, -0.25) is 9.59 Å². The molecule has 3 unspecified atom stereocenters. The second-order valence-corrected chi connectivity index (χ2v) is 9.52. The molecule has 1 aliphatic heterocycles. The number of carbonyl (C=O) groups excluding carboxylic acids is 2. The van der Waals surface area contributed by atoms with E-state index >= 15 is 0 Å². The molecule has 0 saturated carbocycles. The number of anilines is 2. The van der Waals surface area contributed by atoms with Crippen LogP contribution in [0.4, 0.5) is 11.4 Å². The number of ether oxygens (including phenoxy) is 1. The van der Waals surface area contributed by atoms with Crippen LogP contribution in [-0.2, 0) is 9.59 Å². The first kappa shape index (κ1) is 26.2. The molecule has 0 spiro atoms. The third-order valence-corrected chi connectivity index (χ3v) is 6.79. The van der Waals surface area contributed by atoms with E-state index in [2.05, 4.69) is 0 Å². The number of amides is 2. The van der Waals surface area contributed by atoms with Crippen molar-refractivity contribution in [3.8, 4) is 5.75 Å². The summed E-state index contributed by atoms with van der Waals surface area (Å²) in [6, 6.07) is 20.8. The predicted octanol–water partition coefficient (Wildman–Crippen LogP) is 6.12. The summed E-state index contributed by atoms with van der Waals surface area (Å²) in [5, 5.41) is 9.92. The molecule has 0 bridgehead atoms. The average molecular weight is 521 g/mol. The van der Waals surface area contributed by atoms with Crippen molar-refractivity contribution in [3.63, 3.8) is 0 Å². The van der Waals surface area contributed by atoms with E-state index in [0.717, 1.165) is 16.9 Å². The first-order valence-electron chi connectivity index (χ1n) is 12.2. The molecule has 0 aromatic heterocycles. The van der Waals surface area contributed by atoms with Crippen LogP contribution in [0.3, 0.4) is 0 Å². The van der Waals surface area contributed by atoms with Gasteiger partial charge in [0.1, 0.15) is 5.75 Å². The molecule has 4 rings (SSSR count). The highest BCUT2D eigenvalue weighted by Crippen LogP contribution is 2.43. The number of nitrogens with zero attached hydrogens (tertiary/aromatic N) is 2. The Hall–Kier alpha value is -3.84. The van der Waals surface area contributed by atoms with Crippen LogP contribution in [0.2, 0.25) is 5.02 Å². The smallest absolute Gasteiger partial charge is 0.344 e. The maximum atomic E-state index is 13.8. The van der Waals surface area contributed by atoms with Gasteiger partial charge in [0.25, 0.3) is 5.91 Å². The van der Waals surface area contributed by atoms with Crippen LogP contribution in [-0.4, -0.2) is 35.0 Å². The zero-order valence-electron chi connectivity index (χ0n) is 20.9. The van der Waals surface area contributed by atoms with Crippen LogP contribution < -0.4 is 14.5 Å². The summed E-state index contributed by atoms with van der Waals surface area (Å²) >= 11 is 6.08. The van der Waals surface area contributed by atoms with Crippen LogP contribution >= 0.6 is 11.6 Å². The highest BCUT2D eigenvalue weighted by Gasteiger charge is 2.38. The van der Waals surface area contributed by atoms with E-state index in [1.54, 1.807) is 53.1 Å². The molecule has 0 radical (unpaired) electrons. The molecule has 192 valence electrons. The largest absolute Gasteiger partial charge is 0.479 e. The monoisotopic (exact) mass is 520 g/mol. The Bertz CT molecular complexity index is 1310. The summed E-state index contributed by atoms with van der Waals surface area (Å²) in [7, 11) is 0. The van der Waals surface area contributed by atoms with Gasteiger partial charge in [0.05, 0.1) is 6.04 Å². The summed E-state index contributed by atoms with van der Waals surface area (Å²) in [5.41, 5.74) is 2.71. The number of halogens is 1. The number of para-hydroxylation sites is 1. The van der Waals surface area contributed by atoms with Crippen LogP contribution in [0.25, 0.3) is 0 Å². The van der Waals surface area contributed by atoms with Gasteiger partial charge in [-0.05, 0) is 73.9 Å². The standard InChI is InChI=1S/C29H29ClN2O5/c1-4-27(29(35)36)37-23-9-7-8-20(17-23)28(34)31-18(2)16-26(24-10-5-6-11-25(24)31)32(19(3)33)22-14-12-21(30)13-15-22/h5-15,17-18,26-27H,4,16H2,1-3H3,(H,35,36). The average Bonchev–Trinajstić information content (AvgIpc) is 2.88. The normalized spacial score (nSPS) is 17.5. The van der Waals surface area contributed by atoms with Crippen molar-refractivity contribution >= 4 is 40.8 Å². The fourth-order valence-corrected chi connectivity index (χ4v) is 4.96. The van der Waals surface area contributed by atoms with Crippen molar-refractivity contribution in [2.75, 3.05) is 9.80 Å². The van der Waals surface area contributed by atoms with E-state index in [1.807, 2.05) is 43.3 Å². The number of hydrogen-bond donors (Lipinski definition) is 1. The van der Waals surface area contributed by atoms with E-state index in [1.165, 1.54) is 6.92 Å². The Labute approximate surface area is 221 Å². The fraction of sp³-hybridized carbons (Fsp3) is 0.276. The van der Waals surface area contributed by atoms with Crippen LogP contribution in [0, 0.1) is 0 Å². The van der Waals surface area contributed by atoms with Gasteiger partial charge in [-0.1, -0.05) is 42.8 Å². The molecular weight excluding hydrogens is 492 g/mol. The molecule has 0 aliphatic carbocycles. The lowest BCUT2D eigenvalue weighted by Gasteiger charge is -2.43. The lowest BCUT2D eigenvalue weighted by molar-refractivity contribution is -0.145. The SMILES string of the molecule is CCC(Oc1cccc(C(=O)N2c3ccccc3C(N(C(C)=O)c3ccc(Cl)cc3)CC2C)c1)C(=O)O. The van der Waals surface area contributed by atoms with Gasteiger partial charge in [0.15, 0.2) is 6.10 Å². The zero-order valence-corrected chi connectivity index (χ0v) is 21.7. The summed E-state index contributed by atoms with van der Waals surface area (Å²) < 4.78 is 5.61. The van der Waals surface area contributed by atoms with Gasteiger partial charge in [-0.15, -0.1) is 0 Å². The molecule has 3 aromatic rings. The number of hydrogen-bond acceptors (Lipinski definition) is 4. The minimum Gasteiger partial charge on any atom is -0.479 e. The Kier molecular flexibility index (Phi) is 7.83. The van der Waals surface area contributed by atoms with Gasteiger partial charge in [0.2, 0.25) is 5.91 Å². The topological polar surface area (TPSA) is 87.2 Å². The van der Waals surface area contributed by atoms with E-state index in [0.29, 0.717) is 29.2 Å². The molecule has 1 aliphatic rings. The molecule has 0 fully saturated rings. The number of rotatable bonds is 7. The highest BCUT2D eigenvalue weighted by atomic mass is 35.5. The van der Waals surface area contributed by atoms with Crippen LogP contribution in [0.5, 0.6) is 5.75 Å². The lowest BCUT2D eigenvalue weighted by Crippen LogP contribution is -2.47. The molecule has 8 heteroatoms. The molecule has 1 N–H and O–H groups in total. The fourth-order valence-electron chi connectivity index (χ4n) is 4.83. The molecular formula is C29H29ClN2O5. The Balaban J connectivity index is 1.70. The minimum absolute atomic E-state index is 0.108. The van der Waals surface area contributed by atoms with Crippen molar-refractivity contribution in [1.82, 2.24) is 0 Å². The van der Waals surface area contributed by atoms with Gasteiger partial charge < -0.3 is 19.6 Å². The Morgan fingerprint density at radius 1 is 1.08 bits per heavy atom. The van der Waals surface area contributed by atoms with Crippen molar-refractivity contribution in [1.29, 1.82) is 0 Å². The van der Waals surface area contributed by atoms with E-state index in [9.17, 15) is 19.5 Å². The molecule has 2 amide bonds. The van der Waals surface area contributed by atoms with E-state index < -0.39 is 12.1 Å². The predicted molar refractivity (Wildman–Crippen MR) is 143 cm³/mol. The maximum Gasteiger partial charge on any atom is 0.344 e. The third kappa shape index (κ3) is 5.47. The number of fused-ring (bicyclic) bond motifs is 1.